The van der Waals surface area contributed by atoms with E-state index in [2.05, 4.69) is 16.0 Å². The molecule has 0 rings (SSSR count). The number of hydrogen-bond donors (Lipinski definition) is 0. The van der Waals surface area contributed by atoms with Crippen molar-refractivity contribution in [3.05, 3.63) is 0 Å². The molecule has 0 N–H and O–H groups in total. The molecular weight excluding hydrogens is 136 g/mol. The van der Waals surface area contributed by atoms with Gasteiger partial charge in [-0.2, -0.15) is 0 Å². The Kier molecular flexibility index (Phi) is 9.77. The first kappa shape index (κ1) is 11.5. The molecule has 0 aliphatic rings. The van der Waals surface area contributed by atoms with Gasteiger partial charge in [-0.15, -0.1) is 12.4 Å². The molecule has 0 radical (unpaired) electrons. The summed E-state index contributed by atoms with van der Waals surface area (Å²) in [6.45, 7) is 6.73. The topological polar surface area (TPSA) is 24.7 Å². The van der Waals surface area contributed by atoms with E-state index in [4.69, 9.17) is 0 Å². The van der Waals surface area contributed by atoms with E-state index < -0.39 is 0 Å². The van der Waals surface area contributed by atoms with E-state index in [0.29, 0.717) is 6.04 Å². The first-order chi connectivity index (χ1) is 3.77. The summed E-state index contributed by atoms with van der Waals surface area (Å²) in [6.07, 6.45) is 0. The van der Waals surface area contributed by atoms with Gasteiger partial charge in [-0.05, 0) is 20.8 Å². The predicted molar refractivity (Wildman–Crippen MR) is 42.8 cm³/mol. The second-order valence-corrected chi connectivity index (χ2v) is 1.80. The van der Waals surface area contributed by atoms with E-state index in [1.165, 1.54) is 0 Å². The van der Waals surface area contributed by atoms with E-state index >= 15 is 0 Å². The summed E-state index contributed by atoms with van der Waals surface area (Å²) in [4.78, 5) is 7.69. The van der Waals surface area contributed by atoms with Crippen molar-refractivity contribution < 1.29 is 0 Å². The van der Waals surface area contributed by atoms with Gasteiger partial charge in [0.2, 0.25) is 0 Å². The van der Waals surface area contributed by atoms with Crippen LogP contribution in [-0.4, -0.2) is 18.6 Å². The van der Waals surface area contributed by atoms with Gasteiger partial charge in [0, 0.05) is 6.54 Å². The average molecular weight is 149 g/mol. The molecule has 0 saturated heterocycles. The zero-order chi connectivity index (χ0) is 6.41. The molecule has 0 heterocycles. The lowest BCUT2D eigenvalue weighted by molar-refractivity contribution is 0.840. The van der Waals surface area contributed by atoms with Crippen LogP contribution in [-0.2, 0) is 0 Å². The van der Waals surface area contributed by atoms with Crippen molar-refractivity contribution in [3.63, 3.8) is 0 Å². The maximum absolute atomic E-state index is 3.90. The Morgan fingerprint density at radius 3 is 2.33 bits per heavy atom. The molecule has 54 valence electrons. The predicted octanol–water partition coefficient (Wildman–Crippen LogP) is 2.01. The van der Waals surface area contributed by atoms with Crippen molar-refractivity contribution in [1.82, 2.24) is 0 Å². The standard InChI is InChI=1S/C6H12N2.ClH/c1-4-7-5-8-6(2)3;/h6H,4H2,1-3H3;1H. The quantitative estimate of drug-likeness (QED) is 0.536. The van der Waals surface area contributed by atoms with Gasteiger partial charge in [0.05, 0.1) is 12.1 Å². The number of nitrogens with zero attached hydrogens (tertiary/aromatic N) is 2. The van der Waals surface area contributed by atoms with Crippen LogP contribution >= 0.6 is 12.4 Å². The monoisotopic (exact) mass is 148 g/mol. The lowest BCUT2D eigenvalue weighted by Crippen LogP contribution is -1.84. The minimum Gasteiger partial charge on any atom is -0.226 e. The molecule has 0 aliphatic heterocycles. The van der Waals surface area contributed by atoms with Gasteiger partial charge in [-0.3, -0.25) is 0 Å². The van der Waals surface area contributed by atoms with Crippen molar-refractivity contribution in [2.24, 2.45) is 9.98 Å². The molecule has 0 saturated carbocycles. The summed E-state index contributed by atoms with van der Waals surface area (Å²) < 4.78 is 0. The summed E-state index contributed by atoms with van der Waals surface area (Å²) in [5.41, 5.74) is 0. The molecule has 0 aromatic rings. The van der Waals surface area contributed by atoms with Crippen molar-refractivity contribution in [1.29, 1.82) is 0 Å². The van der Waals surface area contributed by atoms with Crippen LogP contribution < -0.4 is 0 Å². The summed E-state index contributed by atoms with van der Waals surface area (Å²) in [5, 5.41) is 0. The SMILES string of the molecule is CCN=C=NC(C)C.Cl. The average Bonchev–Trinajstić information content (AvgIpc) is 1.66. The van der Waals surface area contributed by atoms with Crippen LogP contribution in [0.25, 0.3) is 0 Å². The van der Waals surface area contributed by atoms with Gasteiger partial charge in [0.15, 0.2) is 0 Å². The fraction of sp³-hybridized carbons (Fsp3) is 0.833. The lowest BCUT2D eigenvalue weighted by atomic mass is 10.4. The van der Waals surface area contributed by atoms with Crippen LogP contribution in [0, 0.1) is 0 Å². The second kappa shape index (κ2) is 7.67. The Balaban J connectivity index is 0. The Morgan fingerprint density at radius 2 is 2.00 bits per heavy atom. The minimum atomic E-state index is 0. The highest BCUT2D eigenvalue weighted by Gasteiger charge is 1.78. The Morgan fingerprint density at radius 1 is 1.44 bits per heavy atom. The first-order valence-corrected chi connectivity index (χ1v) is 2.88. The van der Waals surface area contributed by atoms with Gasteiger partial charge >= 0.3 is 0 Å². The molecule has 0 spiro atoms. The summed E-state index contributed by atoms with van der Waals surface area (Å²) in [5.74, 6) is 0. The molecule has 9 heavy (non-hydrogen) atoms. The molecule has 0 unspecified atom stereocenters. The third-order valence-electron chi connectivity index (χ3n) is 0.545. The molecule has 0 atom stereocenters. The van der Waals surface area contributed by atoms with Gasteiger partial charge in [0.25, 0.3) is 0 Å². The van der Waals surface area contributed by atoms with E-state index in [9.17, 15) is 0 Å². The Bertz CT molecular complexity index is 104. The highest BCUT2D eigenvalue weighted by molar-refractivity contribution is 5.85. The van der Waals surface area contributed by atoms with E-state index in [-0.39, 0.29) is 12.4 Å². The number of rotatable bonds is 2. The van der Waals surface area contributed by atoms with Crippen LogP contribution in [0.15, 0.2) is 9.98 Å². The summed E-state index contributed by atoms with van der Waals surface area (Å²) >= 11 is 0. The smallest absolute Gasteiger partial charge is 0.0895 e. The molecular formula is C6H13ClN2. The first-order valence-electron chi connectivity index (χ1n) is 2.88. The van der Waals surface area contributed by atoms with Crippen LogP contribution in [0.2, 0.25) is 0 Å². The normalized spacial score (nSPS) is 7.56. The fourth-order valence-corrected chi connectivity index (χ4v) is 0.227. The fourth-order valence-electron chi connectivity index (χ4n) is 0.227. The second-order valence-electron chi connectivity index (χ2n) is 1.80. The van der Waals surface area contributed by atoms with Crippen LogP contribution in [0.5, 0.6) is 0 Å². The van der Waals surface area contributed by atoms with Gasteiger partial charge in [-0.25, -0.2) is 9.98 Å². The number of hydrogen-bond acceptors (Lipinski definition) is 2. The van der Waals surface area contributed by atoms with Crippen molar-refractivity contribution in [3.8, 4) is 0 Å². The van der Waals surface area contributed by atoms with Crippen LogP contribution in [0.1, 0.15) is 20.8 Å². The highest BCUT2D eigenvalue weighted by Crippen LogP contribution is 1.80. The van der Waals surface area contributed by atoms with Crippen molar-refractivity contribution >= 4 is 18.4 Å². The zero-order valence-electron chi connectivity index (χ0n) is 6.09. The lowest BCUT2D eigenvalue weighted by Gasteiger charge is -1.85. The Labute approximate surface area is 62.5 Å². The molecule has 0 bridgehead atoms. The minimum absolute atomic E-state index is 0. The Hall–Kier alpha value is -0.330. The maximum atomic E-state index is 3.90. The molecule has 0 aliphatic carbocycles. The number of aliphatic imine (C=N–C) groups is 2. The summed E-state index contributed by atoms with van der Waals surface area (Å²) in [6, 6.07) is 2.91. The largest absolute Gasteiger partial charge is 0.226 e. The molecule has 3 heteroatoms. The molecule has 0 amide bonds. The van der Waals surface area contributed by atoms with Gasteiger partial charge in [-0.1, -0.05) is 0 Å². The van der Waals surface area contributed by atoms with Gasteiger partial charge in [0.1, 0.15) is 0 Å². The maximum Gasteiger partial charge on any atom is 0.0895 e. The number of halogens is 1. The third kappa shape index (κ3) is 11.3. The van der Waals surface area contributed by atoms with Crippen LogP contribution in [0.4, 0.5) is 0 Å². The molecule has 0 aromatic carbocycles. The van der Waals surface area contributed by atoms with Gasteiger partial charge < -0.3 is 0 Å². The van der Waals surface area contributed by atoms with E-state index in [1.807, 2.05) is 20.8 Å². The molecule has 0 fully saturated rings. The zero-order valence-corrected chi connectivity index (χ0v) is 6.90. The molecule has 0 aromatic heterocycles. The third-order valence-corrected chi connectivity index (χ3v) is 0.545. The van der Waals surface area contributed by atoms with E-state index in [1.54, 1.807) is 0 Å². The van der Waals surface area contributed by atoms with Crippen LogP contribution in [0.3, 0.4) is 0 Å². The highest BCUT2D eigenvalue weighted by atomic mass is 35.5. The van der Waals surface area contributed by atoms with Crippen molar-refractivity contribution in [2.75, 3.05) is 6.54 Å². The summed E-state index contributed by atoms with van der Waals surface area (Å²) in [7, 11) is 0. The molecule has 2 nitrogen and oxygen atoms in total. The van der Waals surface area contributed by atoms with Crippen molar-refractivity contribution in [2.45, 2.75) is 26.8 Å². The van der Waals surface area contributed by atoms with E-state index in [0.717, 1.165) is 6.54 Å².